The molecule has 1 heterocycles. The highest BCUT2D eigenvalue weighted by Gasteiger charge is 2.23. The lowest BCUT2D eigenvalue weighted by molar-refractivity contribution is -0.133. The molecule has 18 heavy (non-hydrogen) atoms. The molecule has 1 rings (SSSR count). The molecule has 0 aromatic heterocycles. The zero-order valence-corrected chi connectivity index (χ0v) is 10.7. The fourth-order valence-corrected chi connectivity index (χ4v) is 2.04. The molecule has 0 radical (unpaired) electrons. The monoisotopic (exact) mass is 264 g/mol. The SMILES string of the molecule is CC(NCC(O)C(F)F)C(=O)N1CCCCCC1. The molecular formula is C12H22F2N2O2. The van der Waals surface area contributed by atoms with Crippen molar-refractivity contribution in [1.29, 1.82) is 0 Å². The maximum atomic E-state index is 12.1. The summed E-state index contributed by atoms with van der Waals surface area (Å²) in [5.41, 5.74) is 0. The Morgan fingerprint density at radius 3 is 2.33 bits per heavy atom. The lowest BCUT2D eigenvalue weighted by atomic mass is 10.2. The van der Waals surface area contributed by atoms with Crippen molar-refractivity contribution >= 4 is 5.91 Å². The lowest BCUT2D eigenvalue weighted by Gasteiger charge is -2.25. The minimum absolute atomic E-state index is 0.0710. The number of likely N-dealkylation sites (tertiary alicyclic amines) is 1. The molecule has 4 nitrogen and oxygen atoms in total. The third-order valence-electron chi connectivity index (χ3n) is 3.21. The van der Waals surface area contributed by atoms with E-state index in [0.717, 1.165) is 38.8 Å². The van der Waals surface area contributed by atoms with E-state index in [2.05, 4.69) is 5.32 Å². The fraction of sp³-hybridized carbons (Fsp3) is 0.917. The molecule has 106 valence electrons. The summed E-state index contributed by atoms with van der Waals surface area (Å²) in [7, 11) is 0. The molecule has 0 aliphatic carbocycles. The molecule has 0 saturated carbocycles. The predicted molar refractivity (Wildman–Crippen MR) is 64.5 cm³/mol. The van der Waals surface area contributed by atoms with Gasteiger partial charge in [-0.25, -0.2) is 8.78 Å². The van der Waals surface area contributed by atoms with Crippen LogP contribution in [0.4, 0.5) is 8.78 Å². The molecule has 1 amide bonds. The second-order valence-corrected chi connectivity index (χ2v) is 4.77. The smallest absolute Gasteiger partial charge is 0.265 e. The fourth-order valence-electron chi connectivity index (χ4n) is 2.04. The zero-order chi connectivity index (χ0) is 13.5. The van der Waals surface area contributed by atoms with Crippen LogP contribution < -0.4 is 5.32 Å². The molecule has 0 aromatic carbocycles. The quantitative estimate of drug-likeness (QED) is 0.778. The first-order valence-corrected chi connectivity index (χ1v) is 6.50. The average molecular weight is 264 g/mol. The standard InChI is InChI=1S/C12H22F2N2O2/c1-9(15-8-10(17)11(13)14)12(18)16-6-4-2-3-5-7-16/h9-11,15,17H,2-8H2,1H3. The van der Waals surface area contributed by atoms with Gasteiger partial charge in [0.2, 0.25) is 5.91 Å². The summed E-state index contributed by atoms with van der Waals surface area (Å²) in [6.45, 7) is 2.86. The van der Waals surface area contributed by atoms with Crippen molar-refractivity contribution in [3.8, 4) is 0 Å². The van der Waals surface area contributed by atoms with Crippen LogP contribution in [0.5, 0.6) is 0 Å². The molecule has 1 saturated heterocycles. The minimum atomic E-state index is -2.78. The van der Waals surface area contributed by atoms with Crippen LogP contribution in [0, 0.1) is 0 Å². The Bertz CT molecular complexity index is 256. The Labute approximate surface area is 106 Å². The number of hydrogen-bond donors (Lipinski definition) is 2. The van der Waals surface area contributed by atoms with E-state index in [4.69, 9.17) is 5.11 Å². The first kappa shape index (κ1) is 15.3. The van der Waals surface area contributed by atoms with E-state index in [1.165, 1.54) is 0 Å². The normalized spacial score (nSPS) is 20.6. The van der Waals surface area contributed by atoms with Crippen molar-refractivity contribution in [2.24, 2.45) is 0 Å². The third kappa shape index (κ3) is 4.86. The second kappa shape index (κ2) is 7.63. The Morgan fingerprint density at radius 2 is 1.83 bits per heavy atom. The minimum Gasteiger partial charge on any atom is -0.386 e. The molecule has 6 heteroatoms. The second-order valence-electron chi connectivity index (χ2n) is 4.77. The van der Waals surface area contributed by atoms with Crippen LogP contribution in [0.1, 0.15) is 32.6 Å². The van der Waals surface area contributed by atoms with E-state index in [1.54, 1.807) is 11.8 Å². The van der Waals surface area contributed by atoms with Crippen molar-refractivity contribution in [3.05, 3.63) is 0 Å². The van der Waals surface area contributed by atoms with Gasteiger partial charge < -0.3 is 15.3 Å². The number of alkyl halides is 2. The first-order valence-electron chi connectivity index (χ1n) is 6.50. The maximum absolute atomic E-state index is 12.1. The van der Waals surface area contributed by atoms with E-state index in [-0.39, 0.29) is 12.5 Å². The summed E-state index contributed by atoms with van der Waals surface area (Å²) >= 11 is 0. The summed E-state index contributed by atoms with van der Waals surface area (Å²) in [5, 5.41) is 11.6. The van der Waals surface area contributed by atoms with Gasteiger partial charge in [0.05, 0.1) is 6.04 Å². The van der Waals surface area contributed by atoms with Gasteiger partial charge in [-0.05, 0) is 19.8 Å². The highest BCUT2D eigenvalue weighted by Crippen LogP contribution is 2.10. The van der Waals surface area contributed by atoms with Crippen molar-refractivity contribution in [1.82, 2.24) is 10.2 Å². The molecule has 2 unspecified atom stereocenters. The van der Waals surface area contributed by atoms with E-state index in [0.29, 0.717) is 0 Å². The third-order valence-corrected chi connectivity index (χ3v) is 3.21. The molecule has 1 fully saturated rings. The molecule has 2 N–H and O–H groups in total. The van der Waals surface area contributed by atoms with Crippen LogP contribution in [0.2, 0.25) is 0 Å². The van der Waals surface area contributed by atoms with Gasteiger partial charge in [0, 0.05) is 19.6 Å². The van der Waals surface area contributed by atoms with Gasteiger partial charge >= 0.3 is 0 Å². The number of nitrogens with zero attached hydrogens (tertiary/aromatic N) is 1. The highest BCUT2D eigenvalue weighted by molar-refractivity contribution is 5.81. The van der Waals surface area contributed by atoms with Gasteiger partial charge in [0.25, 0.3) is 6.43 Å². The van der Waals surface area contributed by atoms with Gasteiger partial charge in [-0.2, -0.15) is 0 Å². The summed E-state index contributed by atoms with van der Waals surface area (Å²) in [6, 6.07) is -0.531. The van der Waals surface area contributed by atoms with E-state index < -0.39 is 18.6 Å². The summed E-state index contributed by atoms with van der Waals surface area (Å²) < 4.78 is 24.2. The molecular weight excluding hydrogens is 242 g/mol. The van der Waals surface area contributed by atoms with E-state index >= 15 is 0 Å². The maximum Gasteiger partial charge on any atom is 0.265 e. The van der Waals surface area contributed by atoms with Gasteiger partial charge in [0.15, 0.2) is 0 Å². The number of amides is 1. The summed E-state index contributed by atoms with van der Waals surface area (Å²) in [4.78, 5) is 13.8. The predicted octanol–water partition coefficient (Wildman–Crippen LogP) is 0.993. The molecule has 1 aliphatic heterocycles. The Balaban J connectivity index is 2.35. The average Bonchev–Trinajstić information content (AvgIpc) is 2.63. The largest absolute Gasteiger partial charge is 0.386 e. The van der Waals surface area contributed by atoms with Crippen molar-refractivity contribution < 1.29 is 18.7 Å². The highest BCUT2D eigenvalue weighted by atomic mass is 19.3. The van der Waals surface area contributed by atoms with Crippen LogP contribution in [0.3, 0.4) is 0 Å². The number of carbonyl (C=O) groups excluding carboxylic acids is 1. The Morgan fingerprint density at radius 1 is 1.28 bits per heavy atom. The number of aliphatic hydroxyl groups is 1. The Kier molecular flexibility index (Phi) is 6.49. The molecule has 2 atom stereocenters. The van der Waals surface area contributed by atoms with E-state index in [1.807, 2.05) is 0 Å². The van der Waals surface area contributed by atoms with Gasteiger partial charge in [-0.3, -0.25) is 4.79 Å². The number of nitrogens with one attached hydrogen (secondary N) is 1. The number of hydrogen-bond acceptors (Lipinski definition) is 3. The van der Waals surface area contributed by atoms with Gasteiger partial charge in [-0.15, -0.1) is 0 Å². The Hall–Kier alpha value is -0.750. The number of carbonyl (C=O) groups is 1. The summed E-state index contributed by atoms with van der Waals surface area (Å²) in [5.74, 6) is -0.0710. The van der Waals surface area contributed by atoms with Crippen molar-refractivity contribution in [2.75, 3.05) is 19.6 Å². The molecule has 0 spiro atoms. The molecule has 0 aromatic rings. The molecule has 0 bridgehead atoms. The number of rotatable bonds is 5. The van der Waals surface area contributed by atoms with E-state index in [9.17, 15) is 13.6 Å². The van der Waals surface area contributed by atoms with Crippen LogP contribution in [-0.2, 0) is 4.79 Å². The number of aliphatic hydroxyl groups excluding tert-OH is 1. The van der Waals surface area contributed by atoms with Crippen LogP contribution >= 0.6 is 0 Å². The first-order chi connectivity index (χ1) is 8.52. The van der Waals surface area contributed by atoms with Crippen LogP contribution in [-0.4, -0.2) is 54.1 Å². The zero-order valence-electron chi connectivity index (χ0n) is 10.7. The lowest BCUT2D eigenvalue weighted by Crippen LogP contribution is -2.47. The number of halogens is 2. The van der Waals surface area contributed by atoms with Crippen LogP contribution in [0.25, 0.3) is 0 Å². The molecule has 1 aliphatic rings. The topological polar surface area (TPSA) is 52.6 Å². The van der Waals surface area contributed by atoms with Crippen molar-refractivity contribution in [3.63, 3.8) is 0 Å². The van der Waals surface area contributed by atoms with Crippen molar-refractivity contribution in [2.45, 2.75) is 51.2 Å². The van der Waals surface area contributed by atoms with Crippen LogP contribution in [0.15, 0.2) is 0 Å². The van der Waals surface area contributed by atoms with Gasteiger partial charge in [0.1, 0.15) is 6.10 Å². The summed E-state index contributed by atoms with van der Waals surface area (Å²) in [6.07, 6.45) is -0.232. The van der Waals surface area contributed by atoms with Gasteiger partial charge in [-0.1, -0.05) is 12.8 Å².